The molecule has 0 amide bonds. The highest BCUT2D eigenvalue weighted by Crippen LogP contribution is 2.25. The number of aryl methyl sites for hydroxylation is 2. The van der Waals surface area contributed by atoms with E-state index in [2.05, 4.69) is 10.3 Å². The quantitative estimate of drug-likeness (QED) is 0.889. The van der Waals surface area contributed by atoms with Gasteiger partial charge in [-0.25, -0.2) is 14.2 Å². The maximum absolute atomic E-state index is 13.1. The molecular formula is C14H13FN2O2. The van der Waals surface area contributed by atoms with Crippen molar-refractivity contribution in [3.8, 4) is 0 Å². The largest absolute Gasteiger partial charge is 0.478 e. The fourth-order valence-corrected chi connectivity index (χ4v) is 1.83. The average molecular weight is 260 g/mol. The standard InChI is InChI=1S/C14H13FN2O2/c1-8-4-3-5-9(2)12(8)17-13-11(14(18)19)6-10(15)7-16-13/h3-7H,1-2H3,(H,16,17)(H,18,19). The van der Waals surface area contributed by atoms with Gasteiger partial charge in [0, 0.05) is 5.69 Å². The Labute approximate surface area is 109 Å². The number of aromatic carboxylic acids is 1. The number of aromatic nitrogens is 1. The van der Waals surface area contributed by atoms with Crippen LogP contribution in [0.15, 0.2) is 30.5 Å². The van der Waals surface area contributed by atoms with Crippen LogP contribution in [0.4, 0.5) is 15.9 Å². The second-order valence-electron chi connectivity index (χ2n) is 4.25. The number of para-hydroxylation sites is 1. The average Bonchev–Trinajstić information content (AvgIpc) is 2.35. The molecule has 1 heterocycles. The van der Waals surface area contributed by atoms with Crippen LogP contribution in [0.5, 0.6) is 0 Å². The molecular weight excluding hydrogens is 247 g/mol. The molecule has 0 saturated carbocycles. The van der Waals surface area contributed by atoms with Crippen LogP contribution < -0.4 is 5.32 Å². The van der Waals surface area contributed by atoms with Crippen LogP contribution in [0.2, 0.25) is 0 Å². The summed E-state index contributed by atoms with van der Waals surface area (Å²) >= 11 is 0. The summed E-state index contributed by atoms with van der Waals surface area (Å²) in [4.78, 5) is 14.9. The van der Waals surface area contributed by atoms with Gasteiger partial charge in [-0.2, -0.15) is 0 Å². The van der Waals surface area contributed by atoms with Gasteiger partial charge in [-0.3, -0.25) is 0 Å². The lowest BCUT2D eigenvalue weighted by Crippen LogP contribution is -2.07. The van der Waals surface area contributed by atoms with Gasteiger partial charge in [-0.1, -0.05) is 18.2 Å². The topological polar surface area (TPSA) is 62.2 Å². The Hall–Kier alpha value is -2.43. The second kappa shape index (κ2) is 5.06. The van der Waals surface area contributed by atoms with Crippen molar-refractivity contribution >= 4 is 17.5 Å². The number of benzene rings is 1. The van der Waals surface area contributed by atoms with Crippen molar-refractivity contribution in [3.63, 3.8) is 0 Å². The minimum absolute atomic E-state index is 0.131. The van der Waals surface area contributed by atoms with E-state index in [0.717, 1.165) is 29.1 Å². The summed E-state index contributed by atoms with van der Waals surface area (Å²) in [5.74, 6) is -1.77. The van der Waals surface area contributed by atoms with Crippen LogP contribution in [0, 0.1) is 19.7 Å². The van der Waals surface area contributed by atoms with Crippen molar-refractivity contribution in [1.29, 1.82) is 0 Å². The van der Waals surface area contributed by atoms with Crippen molar-refractivity contribution in [3.05, 3.63) is 53.0 Å². The van der Waals surface area contributed by atoms with Crippen LogP contribution in [-0.4, -0.2) is 16.1 Å². The number of hydrogen-bond donors (Lipinski definition) is 2. The van der Waals surface area contributed by atoms with E-state index in [1.165, 1.54) is 0 Å². The molecule has 2 N–H and O–H groups in total. The number of halogens is 1. The summed E-state index contributed by atoms with van der Waals surface area (Å²) in [6, 6.07) is 6.66. The van der Waals surface area contributed by atoms with Crippen molar-refractivity contribution in [2.24, 2.45) is 0 Å². The maximum Gasteiger partial charge on any atom is 0.339 e. The van der Waals surface area contributed by atoms with Gasteiger partial charge in [-0.05, 0) is 31.0 Å². The number of anilines is 2. The summed E-state index contributed by atoms with van der Waals surface area (Å²) in [5, 5.41) is 12.0. The fraction of sp³-hybridized carbons (Fsp3) is 0.143. The van der Waals surface area contributed by atoms with Crippen molar-refractivity contribution in [2.75, 3.05) is 5.32 Å². The summed E-state index contributed by atoms with van der Waals surface area (Å²) in [5.41, 5.74) is 2.51. The third-order valence-corrected chi connectivity index (χ3v) is 2.81. The van der Waals surface area contributed by atoms with E-state index in [4.69, 9.17) is 5.11 Å². The fourth-order valence-electron chi connectivity index (χ4n) is 1.83. The first-order chi connectivity index (χ1) is 8.99. The molecule has 0 atom stereocenters. The van der Waals surface area contributed by atoms with Gasteiger partial charge in [0.25, 0.3) is 0 Å². The summed E-state index contributed by atoms with van der Waals surface area (Å²) < 4.78 is 13.1. The van der Waals surface area contributed by atoms with E-state index in [9.17, 15) is 9.18 Å². The van der Waals surface area contributed by atoms with Gasteiger partial charge in [0.05, 0.1) is 6.20 Å². The Balaban J connectivity index is 2.47. The first-order valence-corrected chi connectivity index (χ1v) is 5.71. The predicted molar refractivity (Wildman–Crippen MR) is 70.4 cm³/mol. The molecule has 2 aromatic rings. The molecule has 0 unspecified atom stereocenters. The molecule has 98 valence electrons. The second-order valence-corrected chi connectivity index (χ2v) is 4.25. The molecule has 2 rings (SSSR count). The summed E-state index contributed by atoms with van der Waals surface area (Å²) in [6.07, 6.45) is 0.988. The molecule has 0 aliphatic rings. The smallest absolute Gasteiger partial charge is 0.339 e. The van der Waals surface area contributed by atoms with Gasteiger partial charge in [0.2, 0.25) is 0 Å². The third kappa shape index (κ3) is 2.70. The molecule has 0 fully saturated rings. The zero-order chi connectivity index (χ0) is 14.0. The highest BCUT2D eigenvalue weighted by molar-refractivity contribution is 5.94. The Kier molecular flexibility index (Phi) is 3.46. The lowest BCUT2D eigenvalue weighted by molar-refractivity contribution is 0.0697. The molecule has 4 nitrogen and oxygen atoms in total. The van der Waals surface area contributed by atoms with E-state index in [1.807, 2.05) is 32.0 Å². The lowest BCUT2D eigenvalue weighted by Gasteiger charge is -2.13. The lowest BCUT2D eigenvalue weighted by atomic mass is 10.1. The van der Waals surface area contributed by atoms with Gasteiger partial charge >= 0.3 is 5.97 Å². The summed E-state index contributed by atoms with van der Waals surface area (Å²) in [6.45, 7) is 3.80. The monoisotopic (exact) mass is 260 g/mol. The first-order valence-electron chi connectivity index (χ1n) is 5.71. The molecule has 0 aliphatic carbocycles. The Morgan fingerprint density at radius 3 is 2.53 bits per heavy atom. The number of nitrogens with one attached hydrogen (secondary N) is 1. The van der Waals surface area contributed by atoms with E-state index in [0.29, 0.717) is 0 Å². The van der Waals surface area contributed by atoms with Crippen molar-refractivity contribution in [2.45, 2.75) is 13.8 Å². The Morgan fingerprint density at radius 1 is 1.32 bits per heavy atom. The third-order valence-electron chi connectivity index (χ3n) is 2.81. The predicted octanol–water partition coefficient (Wildman–Crippen LogP) is 3.28. The highest BCUT2D eigenvalue weighted by Gasteiger charge is 2.14. The Bertz CT molecular complexity index is 621. The molecule has 0 saturated heterocycles. The number of rotatable bonds is 3. The molecule has 5 heteroatoms. The van der Waals surface area contributed by atoms with Gasteiger partial charge in [0.1, 0.15) is 17.2 Å². The van der Waals surface area contributed by atoms with Crippen LogP contribution in [0.25, 0.3) is 0 Å². The first kappa shape index (κ1) is 13.0. The van der Waals surface area contributed by atoms with E-state index >= 15 is 0 Å². The zero-order valence-electron chi connectivity index (χ0n) is 10.6. The number of carbonyl (C=O) groups is 1. The van der Waals surface area contributed by atoms with Gasteiger partial charge < -0.3 is 10.4 Å². The number of nitrogens with zero attached hydrogens (tertiary/aromatic N) is 1. The molecule has 1 aromatic carbocycles. The molecule has 0 aliphatic heterocycles. The maximum atomic E-state index is 13.1. The van der Waals surface area contributed by atoms with E-state index < -0.39 is 11.8 Å². The van der Waals surface area contributed by atoms with Crippen molar-refractivity contribution in [1.82, 2.24) is 4.98 Å². The molecule has 0 radical (unpaired) electrons. The Morgan fingerprint density at radius 2 is 1.95 bits per heavy atom. The van der Waals surface area contributed by atoms with Gasteiger partial charge in [-0.15, -0.1) is 0 Å². The van der Waals surface area contributed by atoms with Crippen LogP contribution in [0.1, 0.15) is 21.5 Å². The number of hydrogen-bond acceptors (Lipinski definition) is 3. The van der Waals surface area contributed by atoms with Gasteiger partial charge in [0.15, 0.2) is 0 Å². The highest BCUT2D eigenvalue weighted by atomic mass is 19.1. The van der Waals surface area contributed by atoms with Crippen LogP contribution >= 0.6 is 0 Å². The van der Waals surface area contributed by atoms with Crippen LogP contribution in [0.3, 0.4) is 0 Å². The molecule has 1 aromatic heterocycles. The van der Waals surface area contributed by atoms with E-state index in [-0.39, 0.29) is 11.4 Å². The molecule has 0 bridgehead atoms. The van der Waals surface area contributed by atoms with Crippen molar-refractivity contribution < 1.29 is 14.3 Å². The molecule has 19 heavy (non-hydrogen) atoms. The number of carboxylic acid groups (broad SMARTS) is 1. The minimum Gasteiger partial charge on any atom is -0.478 e. The van der Waals surface area contributed by atoms with E-state index in [1.54, 1.807) is 0 Å². The minimum atomic E-state index is -1.22. The SMILES string of the molecule is Cc1cccc(C)c1Nc1ncc(F)cc1C(=O)O. The summed E-state index contributed by atoms with van der Waals surface area (Å²) in [7, 11) is 0. The number of pyridine rings is 1. The van der Waals surface area contributed by atoms with Crippen LogP contribution in [-0.2, 0) is 0 Å². The molecule has 0 spiro atoms. The zero-order valence-corrected chi connectivity index (χ0v) is 10.6. The number of carboxylic acids is 1. The normalized spacial score (nSPS) is 10.3.